The first-order chi connectivity index (χ1) is 9.15. The molecule has 4 heteroatoms. The Morgan fingerprint density at radius 2 is 2.05 bits per heavy atom. The van der Waals surface area contributed by atoms with Crippen molar-refractivity contribution >= 4 is 5.97 Å². The maximum absolute atomic E-state index is 12.2. The standard InChI is InChI=1S/C15H30N2O2/c1-4-5-6-7-9-15(2,14(18)19-3)17-12-8-10-16-11-13-17/h16H,4-13H2,1-3H3. The van der Waals surface area contributed by atoms with Crippen LogP contribution in [0.5, 0.6) is 0 Å². The Balaban J connectivity index is 2.64. The van der Waals surface area contributed by atoms with Gasteiger partial charge in [0.15, 0.2) is 0 Å². The second-order valence-electron chi connectivity index (χ2n) is 5.67. The number of rotatable bonds is 7. The number of esters is 1. The average molecular weight is 270 g/mol. The zero-order chi connectivity index (χ0) is 14.1. The van der Waals surface area contributed by atoms with E-state index in [-0.39, 0.29) is 5.97 Å². The SMILES string of the molecule is CCCCCCC(C)(C(=O)OC)N1CCCNCC1. The lowest BCUT2D eigenvalue weighted by Gasteiger charge is -2.38. The van der Waals surface area contributed by atoms with E-state index in [0.717, 1.165) is 45.4 Å². The minimum atomic E-state index is -0.450. The fourth-order valence-electron chi connectivity index (χ4n) is 2.84. The van der Waals surface area contributed by atoms with Crippen LogP contribution in [0.15, 0.2) is 0 Å². The van der Waals surface area contributed by atoms with Gasteiger partial charge >= 0.3 is 5.97 Å². The highest BCUT2D eigenvalue weighted by atomic mass is 16.5. The third kappa shape index (κ3) is 4.77. The van der Waals surface area contributed by atoms with E-state index in [4.69, 9.17) is 4.74 Å². The Labute approximate surface area is 117 Å². The van der Waals surface area contributed by atoms with Gasteiger partial charge in [0.05, 0.1) is 7.11 Å². The molecule has 1 N–H and O–H groups in total. The van der Waals surface area contributed by atoms with Gasteiger partial charge in [0.1, 0.15) is 5.54 Å². The molecule has 1 aliphatic rings. The van der Waals surface area contributed by atoms with E-state index in [1.54, 1.807) is 0 Å². The van der Waals surface area contributed by atoms with Crippen LogP contribution in [0.2, 0.25) is 0 Å². The fourth-order valence-corrected chi connectivity index (χ4v) is 2.84. The van der Waals surface area contributed by atoms with Gasteiger partial charge in [-0.3, -0.25) is 9.69 Å². The molecule has 0 radical (unpaired) electrons. The Hall–Kier alpha value is -0.610. The summed E-state index contributed by atoms with van der Waals surface area (Å²) in [6.07, 6.45) is 6.78. The van der Waals surface area contributed by atoms with Gasteiger partial charge in [0, 0.05) is 19.6 Å². The van der Waals surface area contributed by atoms with E-state index in [0.29, 0.717) is 0 Å². The second-order valence-corrected chi connectivity index (χ2v) is 5.67. The van der Waals surface area contributed by atoms with Gasteiger partial charge in [0.2, 0.25) is 0 Å². The Morgan fingerprint density at radius 3 is 2.74 bits per heavy atom. The van der Waals surface area contributed by atoms with Crippen molar-refractivity contribution in [3.8, 4) is 0 Å². The highest BCUT2D eigenvalue weighted by Crippen LogP contribution is 2.25. The molecule has 0 aromatic heterocycles. The van der Waals surface area contributed by atoms with Crippen LogP contribution >= 0.6 is 0 Å². The number of carbonyl (C=O) groups excluding carboxylic acids is 1. The van der Waals surface area contributed by atoms with Crippen molar-refractivity contribution in [1.29, 1.82) is 0 Å². The van der Waals surface area contributed by atoms with Crippen molar-refractivity contribution < 1.29 is 9.53 Å². The molecule has 1 unspecified atom stereocenters. The summed E-state index contributed by atoms with van der Waals surface area (Å²) in [6.45, 7) is 8.17. The zero-order valence-corrected chi connectivity index (χ0v) is 12.8. The molecule has 112 valence electrons. The summed E-state index contributed by atoms with van der Waals surface area (Å²) in [5.41, 5.74) is -0.450. The minimum absolute atomic E-state index is 0.0779. The highest BCUT2D eigenvalue weighted by molar-refractivity contribution is 5.80. The van der Waals surface area contributed by atoms with Gasteiger partial charge in [-0.05, 0) is 26.3 Å². The molecular formula is C15H30N2O2. The van der Waals surface area contributed by atoms with Crippen LogP contribution in [0.4, 0.5) is 0 Å². The number of hydrogen-bond donors (Lipinski definition) is 1. The quantitative estimate of drug-likeness (QED) is 0.569. The molecular weight excluding hydrogens is 240 g/mol. The van der Waals surface area contributed by atoms with Crippen LogP contribution in [-0.2, 0) is 9.53 Å². The molecule has 0 saturated carbocycles. The maximum atomic E-state index is 12.2. The third-order valence-electron chi connectivity index (χ3n) is 4.18. The molecule has 0 bridgehead atoms. The van der Waals surface area contributed by atoms with Gasteiger partial charge in [0.25, 0.3) is 0 Å². The highest BCUT2D eigenvalue weighted by Gasteiger charge is 2.39. The van der Waals surface area contributed by atoms with Gasteiger partial charge < -0.3 is 10.1 Å². The Morgan fingerprint density at radius 1 is 1.26 bits per heavy atom. The minimum Gasteiger partial charge on any atom is -0.468 e. The first-order valence-electron chi connectivity index (χ1n) is 7.69. The second kappa shape index (κ2) is 8.54. The molecule has 0 spiro atoms. The lowest BCUT2D eigenvalue weighted by molar-refractivity contribution is -0.155. The lowest BCUT2D eigenvalue weighted by Crippen LogP contribution is -2.54. The molecule has 1 saturated heterocycles. The number of hydrogen-bond acceptors (Lipinski definition) is 4. The molecule has 0 amide bonds. The van der Waals surface area contributed by atoms with E-state index in [9.17, 15) is 4.79 Å². The van der Waals surface area contributed by atoms with Crippen molar-refractivity contribution in [2.45, 2.75) is 57.9 Å². The summed E-state index contributed by atoms with van der Waals surface area (Å²) in [6, 6.07) is 0. The molecule has 0 aromatic rings. The summed E-state index contributed by atoms with van der Waals surface area (Å²) in [4.78, 5) is 14.5. The first-order valence-corrected chi connectivity index (χ1v) is 7.69. The van der Waals surface area contributed by atoms with E-state index in [2.05, 4.69) is 24.1 Å². The monoisotopic (exact) mass is 270 g/mol. The van der Waals surface area contributed by atoms with Crippen molar-refractivity contribution in [1.82, 2.24) is 10.2 Å². The third-order valence-corrected chi connectivity index (χ3v) is 4.18. The molecule has 0 aliphatic carbocycles. The predicted molar refractivity (Wildman–Crippen MR) is 78.2 cm³/mol. The zero-order valence-electron chi connectivity index (χ0n) is 12.8. The topological polar surface area (TPSA) is 41.6 Å². The first kappa shape index (κ1) is 16.4. The normalized spacial score (nSPS) is 20.6. The van der Waals surface area contributed by atoms with Gasteiger partial charge in [-0.2, -0.15) is 0 Å². The molecule has 1 fully saturated rings. The molecule has 19 heavy (non-hydrogen) atoms. The number of nitrogens with one attached hydrogen (secondary N) is 1. The summed E-state index contributed by atoms with van der Waals surface area (Å²) in [5.74, 6) is -0.0779. The number of ether oxygens (including phenoxy) is 1. The average Bonchev–Trinajstić information content (AvgIpc) is 2.71. The molecule has 0 aromatic carbocycles. The maximum Gasteiger partial charge on any atom is 0.325 e. The molecule has 1 heterocycles. The number of carbonyl (C=O) groups is 1. The Kier molecular flexibility index (Phi) is 7.39. The van der Waals surface area contributed by atoms with E-state index in [1.165, 1.54) is 26.4 Å². The van der Waals surface area contributed by atoms with Crippen LogP contribution < -0.4 is 5.32 Å². The van der Waals surface area contributed by atoms with E-state index >= 15 is 0 Å². The predicted octanol–water partition coefficient (Wildman–Crippen LogP) is 2.18. The van der Waals surface area contributed by atoms with E-state index < -0.39 is 5.54 Å². The van der Waals surface area contributed by atoms with Crippen LogP contribution in [0.1, 0.15) is 52.4 Å². The smallest absolute Gasteiger partial charge is 0.325 e. The molecule has 1 aliphatic heterocycles. The van der Waals surface area contributed by atoms with Crippen molar-refractivity contribution in [3.05, 3.63) is 0 Å². The van der Waals surface area contributed by atoms with Gasteiger partial charge in [-0.15, -0.1) is 0 Å². The summed E-state index contributed by atoms with van der Waals surface area (Å²) < 4.78 is 5.07. The molecule has 1 atom stereocenters. The number of methoxy groups -OCH3 is 1. The fraction of sp³-hybridized carbons (Fsp3) is 0.933. The van der Waals surface area contributed by atoms with Crippen LogP contribution in [0, 0.1) is 0 Å². The molecule has 4 nitrogen and oxygen atoms in total. The summed E-state index contributed by atoms with van der Waals surface area (Å²) in [5, 5.41) is 3.39. The lowest BCUT2D eigenvalue weighted by atomic mass is 9.91. The van der Waals surface area contributed by atoms with Crippen LogP contribution in [-0.4, -0.2) is 49.7 Å². The van der Waals surface area contributed by atoms with E-state index in [1.807, 2.05) is 0 Å². The van der Waals surface area contributed by atoms with Gasteiger partial charge in [-0.25, -0.2) is 0 Å². The summed E-state index contributed by atoms with van der Waals surface area (Å²) >= 11 is 0. The number of unbranched alkanes of at least 4 members (excludes halogenated alkanes) is 3. The van der Waals surface area contributed by atoms with Crippen molar-refractivity contribution in [2.75, 3.05) is 33.3 Å². The van der Waals surface area contributed by atoms with Crippen LogP contribution in [0.25, 0.3) is 0 Å². The molecule has 1 rings (SSSR count). The van der Waals surface area contributed by atoms with Gasteiger partial charge in [-0.1, -0.05) is 32.6 Å². The number of nitrogens with zero attached hydrogens (tertiary/aromatic N) is 1. The van der Waals surface area contributed by atoms with Crippen molar-refractivity contribution in [3.63, 3.8) is 0 Å². The summed E-state index contributed by atoms with van der Waals surface area (Å²) in [7, 11) is 1.50. The Bertz CT molecular complexity index is 263. The van der Waals surface area contributed by atoms with Crippen molar-refractivity contribution in [2.24, 2.45) is 0 Å². The van der Waals surface area contributed by atoms with Crippen LogP contribution in [0.3, 0.4) is 0 Å². The largest absolute Gasteiger partial charge is 0.468 e.